The van der Waals surface area contributed by atoms with Gasteiger partial charge in [-0.2, -0.15) is 5.10 Å². The summed E-state index contributed by atoms with van der Waals surface area (Å²) >= 11 is 0. The molecule has 0 N–H and O–H groups in total. The summed E-state index contributed by atoms with van der Waals surface area (Å²) in [5.41, 5.74) is 2.16. The van der Waals surface area contributed by atoms with Crippen LogP contribution >= 0.6 is 0 Å². The maximum absolute atomic E-state index is 12.7. The van der Waals surface area contributed by atoms with Crippen molar-refractivity contribution < 1.29 is 4.79 Å². The highest BCUT2D eigenvalue weighted by molar-refractivity contribution is 6.05. The summed E-state index contributed by atoms with van der Waals surface area (Å²) in [6.07, 6.45) is 12.4. The Labute approximate surface area is 182 Å². The molecule has 2 aliphatic rings. The normalized spacial score (nSPS) is 24.2. The molecule has 1 amide bonds. The summed E-state index contributed by atoms with van der Waals surface area (Å²) < 4.78 is 2.08. The Morgan fingerprint density at radius 3 is 2.84 bits per heavy atom. The number of carbonyl (C=O) groups excluding carboxylic acids is 1. The number of fused-ring (bicyclic) bond motifs is 1. The van der Waals surface area contributed by atoms with E-state index in [0.717, 1.165) is 25.9 Å². The van der Waals surface area contributed by atoms with Crippen molar-refractivity contribution in [2.75, 3.05) is 11.4 Å². The van der Waals surface area contributed by atoms with Crippen molar-refractivity contribution in [3.05, 3.63) is 60.7 Å². The van der Waals surface area contributed by atoms with Gasteiger partial charge in [-0.3, -0.25) is 24.3 Å². The number of anilines is 1. The van der Waals surface area contributed by atoms with Crippen molar-refractivity contribution >= 4 is 22.6 Å². The molecular weight excluding hydrogens is 388 g/mol. The Morgan fingerprint density at radius 1 is 1.23 bits per heavy atom. The summed E-state index contributed by atoms with van der Waals surface area (Å²) in [5, 5.41) is 5.72. The van der Waals surface area contributed by atoms with E-state index in [1.165, 1.54) is 16.5 Å². The summed E-state index contributed by atoms with van der Waals surface area (Å²) in [5.74, 6) is 0.624. The van der Waals surface area contributed by atoms with E-state index in [-0.39, 0.29) is 11.4 Å². The molecule has 2 aromatic heterocycles. The highest BCUT2D eigenvalue weighted by Gasteiger charge is 2.47. The van der Waals surface area contributed by atoms with Gasteiger partial charge in [0.2, 0.25) is 0 Å². The first-order valence-corrected chi connectivity index (χ1v) is 11.0. The number of benzene rings is 1. The van der Waals surface area contributed by atoms with Gasteiger partial charge in [-0.1, -0.05) is 18.2 Å². The average molecular weight is 417 g/mol. The number of hydrogen-bond acceptors (Lipinski definition) is 5. The van der Waals surface area contributed by atoms with Crippen LogP contribution < -0.4 is 4.90 Å². The van der Waals surface area contributed by atoms with Gasteiger partial charge in [-0.05, 0) is 45.2 Å². The van der Waals surface area contributed by atoms with Gasteiger partial charge in [0.05, 0.1) is 23.4 Å². The molecule has 1 saturated heterocycles. The van der Waals surface area contributed by atoms with Crippen LogP contribution in [0.5, 0.6) is 0 Å². The number of amides is 1. The maximum Gasteiger partial charge on any atom is 0.252 e. The molecule has 0 saturated carbocycles. The first-order valence-electron chi connectivity index (χ1n) is 11.0. The number of hydrogen-bond donors (Lipinski definition) is 0. The molecule has 1 spiro atoms. The van der Waals surface area contributed by atoms with Crippen LogP contribution in [0, 0.1) is 0 Å². The minimum atomic E-state index is -0.316. The lowest BCUT2D eigenvalue weighted by Crippen LogP contribution is -2.56. The summed E-state index contributed by atoms with van der Waals surface area (Å²) in [4.78, 5) is 25.6. The van der Waals surface area contributed by atoms with Crippen LogP contribution in [0.1, 0.15) is 45.2 Å². The van der Waals surface area contributed by atoms with Crippen molar-refractivity contribution in [2.45, 2.75) is 57.8 Å². The Hall–Kier alpha value is -3.06. The Morgan fingerprint density at radius 2 is 2.10 bits per heavy atom. The number of likely N-dealkylation sites (tertiary alicyclic amines) is 1. The van der Waals surface area contributed by atoms with Crippen LogP contribution in [-0.2, 0) is 11.3 Å². The standard InChI is InChI=1S/C24H28N6O/c1-17(2)30-21-12-19(4-5-20(21)14-27-30)16-28-11-8-24(13-18(28)3)7-6-23(31)29(24)22-15-25-9-10-26-22/h4-7,9-10,12,14-15,17-18H,8,11,13,16H2,1-3H3/t18-,24+/m0/s1. The zero-order valence-electron chi connectivity index (χ0n) is 18.3. The zero-order valence-corrected chi connectivity index (χ0v) is 18.3. The van der Waals surface area contributed by atoms with E-state index in [1.54, 1.807) is 24.7 Å². The molecule has 0 aliphatic carbocycles. The molecule has 0 radical (unpaired) electrons. The van der Waals surface area contributed by atoms with Gasteiger partial charge in [0, 0.05) is 49.0 Å². The Kier molecular flexibility index (Phi) is 4.85. The SMILES string of the molecule is CC(C)n1ncc2ccc(CN3CC[C@]4(C=CC(=O)N4c4cnccn4)C[C@@H]3C)cc21. The fourth-order valence-electron chi connectivity index (χ4n) is 5.06. The third kappa shape index (κ3) is 3.43. The second-order valence-electron chi connectivity index (χ2n) is 9.02. The van der Waals surface area contributed by atoms with E-state index < -0.39 is 0 Å². The second-order valence-corrected chi connectivity index (χ2v) is 9.02. The first kappa shape index (κ1) is 19.9. The summed E-state index contributed by atoms with van der Waals surface area (Å²) in [6, 6.07) is 7.30. The highest BCUT2D eigenvalue weighted by atomic mass is 16.2. The van der Waals surface area contributed by atoms with Crippen molar-refractivity contribution in [1.29, 1.82) is 0 Å². The molecule has 31 heavy (non-hydrogen) atoms. The van der Waals surface area contributed by atoms with Crippen LogP contribution in [0.3, 0.4) is 0 Å². The Balaban J connectivity index is 1.36. The largest absolute Gasteiger partial charge is 0.296 e. The van der Waals surface area contributed by atoms with E-state index in [2.05, 4.69) is 69.7 Å². The van der Waals surface area contributed by atoms with Gasteiger partial charge >= 0.3 is 0 Å². The van der Waals surface area contributed by atoms with Gasteiger partial charge in [-0.25, -0.2) is 4.98 Å². The predicted octanol–water partition coefficient (Wildman–Crippen LogP) is 3.73. The van der Waals surface area contributed by atoms with Gasteiger partial charge in [0.1, 0.15) is 0 Å². The van der Waals surface area contributed by atoms with E-state index in [9.17, 15) is 4.79 Å². The molecule has 7 nitrogen and oxygen atoms in total. The minimum absolute atomic E-state index is 0.00597. The molecule has 0 bridgehead atoms. The van der Waals surface area contributed by atoms with Gasteiger partial charge < -0.3 is 0 Å². The first-order chi connectivity index (χ1) is 15.0. The third-order valence-corrected chi connectivity index (χ3v) is 6.62. The van der Waals surface area contributed by atoms with Crippen LogP contribution in [0.2, 0.25) is 0 Å². The lowest BCUT2D eigenvalue weighted by molar-refractivity contribution is -0.114. The molecule has 7 heteroatoms. The molecule has 4 heterocycles. The number of nitrogens with zero attached hydrogens (tertiary/aromatic N) is 6. The van der Waals surface area contributed by atoms with Crippen LogP contribution in [0.15, 0.2) is 55.1 Å². The van der Waals surface area contributed by atoms with E-state index in [0.29, 0.717) is 17.9 Å². The lowest BCUT2D eigenvalue weighted by Gasteiger charge is -2.47. The number of piperidine rings is 1. The number of aromatic nitrogens is 4. The van der Waals surface area contributed by atoms with Crippen molar-refractivity contribution in [1.82, 2.24) is 24.6 Å². The van der Waals surface area contributed by atoms with Crippen molar-refractivity contribution in [2.24, 2.45) is 0 Å². The molecule has 5 rings (SSSR count). The Bertz CT molecular complexity index is 1140. The van der Waals surface area contributed by atoms with Crippen LogP contribution in [0.4, 0.5) is 5.82 Å². The fourth-order valence-corrected chi connectivity index (χ4v) is 5.06. The fraction of sp³-hybridized carbons (Fsp3) is 0.417. The smallest absolute Gasteiger partial charge is 0.252 e. The van der Waals surface area contributed by atoms with Crippen LogP contribution in [0.25, 0.3) is 10.9 Å². The molecule has 2 atom stereocenters. The molecule has 1 aromatic carbocycles. The maximum atomic E-state index is 12.7. The molecule has 0 unspecified atom stereocenters. The van der Waals surface area contributed by atoms with Gasteiger partial charge in [-0.15, -0.1) is 0 Å². The quantitative estimate of drug-likeness (QED) is 0.648. The van der Waals surface area contributed by atoms with Gasteiger partial charge in [0.15, 0.2) is 5.82 Å². The summed E-state index contributed by atoms with van der Waals surface area (Å²) in [6.45, 7) is 8.37. The third-order valence-electron chi connectivity index (χ3n) is 6.62. The monoisotopic (exact) mass is 416 g/mol. The molecule has 160 valence electrons. The predicted molar refractivity (Wildman–Crippen MR) is 121 cm³/mol. The average Bonchev–Trinajstić information content (AvgIpc) is 3.32. The minimum Gasteiger partial charge on any atom is -0.296 e. The molecule has 1 fully saturated rings. The van der Waals surface area contributed by atoms with E-state index in [1.807, 2.05) is 11.1 Å². The van der Waals surface area contributed by atoms with E-state index >= 15 is 0 Å². The topological polar surface area (TPSA) is 67.2 Å². The number of rotatable bonds is 4. The van der Waals surface area contributed by atoms with E-state index in [4.69, 9.17) is 0 Å². The molecule has 2 aliphatic heterocycles. The second kappa shape index (κ2) is 7.57. The molecular formula is C24H28N6O. The summed E-state index contributed by atoms with van der Waals surface area (Å²) in [7, 11) is 0. The lowest BCUT2D eigenvalue weighted by atomic mass is 9.83. The van der Waals surface area contributed by atoms with Gasteiger partial charge in [0.25, 0.3) is 5.91 Å². The highest BCUT2D eigenvalue weighted by Crippen LogP contribution is 2.40. The van der Waals surface area contributed by atoms with Crippen LogP contribution in [-0.4, -0.2) is 48.7 Å². The number of carbonyl (C=O) groups is 1. The molecule has 3 aromatic rings. The van der Waals surface area contributed by atoms with Crippen molar-refractivity contribution in [3.63, 3.8) is 0 Å². The van der Waals surface area contributed by atoms with Crippen molar-refractivity contribution in [3.8, 4) is 0 Å². The zero-order chi connectivity index (χ0) is 21.6.